The molecule has 1 aliphatic carbocycles. The van der Waals surface area contributed by atoms with Gasteiger partial charge in [-0.3, -0.25) is 9.69 Å². The fourth-order valence-electron chi connectivity index (χ4n) is 5.14. The molecule has 1 aliphatic heterocycles. The topological polar surface area (TPSA) is 69.7 Å². The van der Waals surface area contributed by atoms with Gasteiger partial charge in [-0.1, -0.05) is 49.9 Å². The van der Waals surface area contributed by atoms with Crippen molar-refractivity contribution in [2.45, 2.75) is 64.0 Å². The summed E-state index contributed by atoms with van der Waals surface area (Å²) in [6, 6.07) is 7.60. The molecule has 2 fully saturated rings. The molecule has 3 rings (SSSR count). The van der Waals surface area contributed by atoms with E-state index in [0.29, 0.717) is 37.6 Å². The quantitative estimate of drug-likeness (QED) is 0.625. The molecule has 1 aromatic carbocycles. The second kappa shape index (κ2) is 11.3. The Balaban J connectivity index is 0.00000341. The first kappa shape index (κ1) is 26.4. The Labute approximate surface area is 198 Å². The molecule has 2 aliphatic rings. The minimum absolute atomic E-state index is 0. The van der Waals surface area contributed by atoms with E-state index < -0.39 is 10.0 Å². The Kier molecular flexibility index (Phi) is 9.64. The lowest BCUT2D eigenvalue weighted by Gasteiger charge is -2.53. The summed E-state index contributed by atoms with van der Waals surface area (Å²) < 4.78 is 26.7. The summed E-state index contributed by atoms with van der Waals surface area (Å²) in [7, 11) is -3.18. The highest BCUT2D eigenvalue weighted by Crippen LogP contribution is 2.44. The summed E-state index contributed by atoms with van der Waals surface area (Å²) >= 11 is 6.12. The molecule has 1 amide bonds. The number of hydrogen-bond donors (Lipinski definition) is 1. The Morgan fingerprint density at radius 3 is 2.19 bits per heavy atom. The Hall–Kier alpha value is -0.860. The first-order chi connectivity index (χ1) is 14.3. The zero-order valence-corrected chi connectivity index (χ0v) is 20.9. The van der Waals surface area contributed by atoms with Crippen LogP contribution in [0.4, 0.5) is 0 Å². The van der Waals surface area contributed by atoms with Crippen LogP contribution in [-0.2, 0) is 14.8 Å². The normalized spacial score (nSPS) is 21.1. The van der Waals surface area contributed by atoms with Gasteiger partial charge in [-0.05, 0) is 37.0 Å². The molecule has 1 unspecified atom stereocenters. The molecule has 1 saturated heterocycles. The minimum Gasteiger partial charge on any atom is -0.348 e. The van der Waals surface area contributed by atoms with Crippen LogP contribution < -0.4 is 5.32 Å². The van der Waals surface area contributed by atoms with E-state index in [4.69, 9.17) is 11.6 Å². The lowest BCUT2D eigenvalue weighted by molar-refractivity contribution is -0.121. The minimum atomic E-state index is -3.18. The van der Waals surface area contributed by atoms with Crippen LogP contribution in [0.1, 0.15) is 64.0 Å². The van der Waals surface area contributed by atoms with E-state index >= 15 is 0 Å². The molecule has 0 bridgehead atoms. The van der Waals surface area contributed by atoms with Gasteiger partial charge in [0.25, 0.3) is 0 Å². The maximum atomic E-state index is 12.5. The molecule has 0 spiro atoms. The zero-order chi connectivity index (χ0) is 21.8. The van der Waals surface area contributed by atoms with E-state index in [1.54, 1.807) is 11.2 Å². The Bertz CT molecular complexity index is 819. The summed E-state index contributed by atoms with van der Waals surface area (Å²) in [5, 5.41) is 3.90. The van der Waals surface area contributed by atoms with E-state index in [0.717, 1.165) is 31.2 Å². The molecule has 0 radical (unpaired) electrons. The number of benzene rings is 1. The van der Waals surface area contributed by atoms with Crippen LogP contribution in [0, 0.1) is 0 Å². The van der Waals surface area contributed by atoms with Crippen LogP contribution in [-0.4, -0.2) is 61.0 Å². The van der Waals surface area contributed by atoms with Crippen LogP contribution >= 0.6 is 24.0 Å². The first-order valence-electron chi connectivity index (χ1n) is 11.0. The molecule has 9 heteroatoms. The lowest BCUT2D eigenvalue weighted by Crippen LogP contribution is -2.63. The predicted octanol–water partition coefficient (Wildman–Crippen LogP) is 4.00. The van der Waals surface area contributed by atoms with Crippen LogP contribution in [0.5, 0.6) is 0 Å². The highest BCUT2D eigenvalue weighted by molar-refractivity contribution is 7.89. The molecule has 1 N–H and O–H groups in total. The van der Waals surface area contributed by atoms with Crippen LogP contribution in [0.25, 0.3) is 0 Å². The molecule has 31 heavy (non-hydrogen) atoms. The van der Waals surface area contributed by atoms with Crippen molar-refractivity contribution in [3.63, 3.8) is 0 Å². The van der Waals surface area contributed by atoms with Crippen molar-refractivity contribution in [2.75, 3.05) is 31.9 Å². The third-order valence-electron chi connectivity index (χ3n) is 6.53. The number of sulfonamides is 1. The van der Waals surface area contributed by atoms with Gasteiger partial charge in [-0.15, -0.1) is 12.4 Å². The van der Waals surface area contributed by atoms with Crippen LogP contribution in [0.15, 0.2) is 24.3 Å². The summed E-state index contributed by atoms with van der Waals surface area (Å²) in [4.78, 5) is 14.6. The van der Waals surface area contributed by atoms with E-state index in [2.05, 4.69) is 10.2 Å². The third-order valence-corrected chi connectivity index (χ3v) is 8.86. The number of nitrogens with zero attached hydrogens (tertiary/aromatic N) is 2. The largest absolute Gasteiger partial charge is 0.348 e. The fourth-order valence-corrected chi connectivity index (χ4v) is 6.76. The van der Waals surface area contributed by atoms with Crippen LogP contribution in [0.2, 0.25) is 5.02 Å². The standard InChI is InChI=1S/C22H34ClN3O3S.ClH/c1-3-17-30(28,29)26-15-13-25(14-16-26)22(11-5-4-6-12-22)21(24-18(2)27)19-7-9-20(23)10-8-19;/h7-10,21H,3-6,11-17H2,1-2H3,(H,24,27);1H. The van der Waals surface area contributed by atoms with Crippen molar-refractivity contribution < 1.29 is 13.2 Å². The van der Waals surface area contributed by atoms with E-state index in [-0.39, 0.29) is 35.6 Å². The molecule has 1 atom stereocenters. The molecule has 176 valence electrons. The smallest absolute Gasteiger partial charge is 0.217 e. The number of amides is 1. The first-order valence-corrected chi connectivity index (χ1v) is 13.0. The van der Waals surface area contributed by atoms with Gasteiger partial charge in [-0.25, -0.2) is 8.42 Å². The van der Waals surface area contributed by atoms with Crippen molar-refractivity contribution >= 4 is 39.9 Å². The molecule has 1 saturated carbocycles. The predicted molar refractivity (Wildman–Crippen MR) is 128 cm³/mol. The molecule has 0 aromatic heterocycles. The van der Waals surface area contributed by atoms with Gasteiger partial charge in [0.1, 0.15) is 0 Å². The monoisotopic (exact) mass is 491 g/mol. The van der Waals surface area contributed by atoms with Crippen molar-refractivity contribution in [1.82, 2.24) is 14.5 Å². The number of piperazine rings is 1. The van der Waals surface area contributed by atoms with Crippen molar-refractivity contribution in [3.8, 4) is 0 Å². The average Bonchev–Trinajstić information content (AvgIpc) is 2.73. The summed E-state index contributed by atoms with van der Waals surface area (Å²) in [6.45, 7) is 5.86. The number of halogens is 2. The Morgan fingerprint density at radius 2 is 1.68 bits per heavy atom. The van der Waals surface area contributed by atoms with Crippen molar-refractivity contribution in [3.05, 3.63) is 34.9 Å². The molecule has 6 nitrogen and oxygen atoms in total. The number of rotatable bonds is 7. The number of hydrogen-bond acceptors (Lipinski definition) is 4. The summed E-state index contributed by atoms with van der Waals surface area (Å²) in [6.07, 6.45) is 6.02. The van der Waals surface area contributed by atoms with Gasteiger partial charge in [-0.2, -0.15) is 4.31 Å². The third kappa shape index (κ3) is 6.14. The number of nitrogens with one attached hydrogen (secondary N) is 1. The average molecular weight is 493 g/mol. The molecule has 1 aromatic rings. The van der Waals surface area contributed by atoms with Gasteiger partial charge < -0.3 is 5.32 Å². The van der Waals surface area contributed by atoms with E-state index in [1.807, 2.05) is 31.2 Å². The SMILES string of the molecule is CCCS(=O)(=O)N1CCN(C2(C(NC(C)=O)c3ccc(Cl)cc3)CCCCC2)CC1.Cl. The van der Waals surface area contributed by atoms with E-state index in [1.165, 1.54) is 6.42 Å². The highest BCUT2D eigenvalue weighted by atomic mass is 35.5. The van der Waals surface area contributed by atoms with Gasteiger partial charge >= 0.3 is 0 Å². The van der Waals surface area contributed by atoms with Gasteiger partial charge in [0.15, 0.2) is 0 Å². The number of carbonyl (C=O) groups excluding carboxylic acids is 1. The van der Waals surface area contributed by atoms with Gasteiger partial charge in [0.05, 0.1) is 11.8 Å². The summed E-state index contributed by atoms with van der Waals surface area (Å²) in [5.41, 5.74) is 0.843. The van der Waals surface area contributed by atoms with Crippen LogP contribution in [0.3, 0.4) is 0 Å². The molecular weight excluding hydrogens is 457 g/mol. The van der Waals surface area contributed by atoms with E-state index in [9.17, 15) is 13.2 Å². The second-order valence-corrected chi connectivity index (χ2v) is 11.1. The maximum absolute atomic E-state index is 12.5. The zero-order valence-electron chi connectivity index (χ0n) is 18.5. The summed E-state index contributed by atoms with van der Waals surface area (Å²) in [5.74, 6) is 0.154. The van der Waals surface area contributed by atoms with Crippen molar-refractivity contribution in [2.24, 2.45) is 0 Å². The second-order valence-electron chi connectivity index (χ2n) is 8.55. The van der Waals surface area contributed by atoms with Crippen molar-refractivity contribution in [1.29, 1.82) is 0 Å². The van der Waals surface area contributed by atoms with Gasteiger partial charge in [0.2, 0.25) is 15.9 Å². The fraction of sp³-hybridized carbons (Fsp3) is 0.682. The number of carbonyl (C=O) groups is 1. The van der Waals surface area contributed by atoms with Gasteiger partial charge in [0, 0.05) is 43.7 Å². The Morgan fingerprint density at radius 1 is 1.10 bits per heavy atom. The molecule has 1 heterocycles. The highest BCUT2D eigenvalue weighted by Gasteiger charge is 2.47. The lowest BCUT2D eigenvalue weighted by atomic mass is 9.72. The molecular formula is C22H35Cl2N3O3S. The maximum Gasteiger partial charge on any atom is 0.217 e.